The lowest BCUT2D eigenvalue weighted by molar-refractivity contribution is 0.246. The molecule has 0 saturated carbocycles. The first kappa shape index (κ1) is 7.16. The second kappa shape index (κ2) is 2.52. The maximum atomic E-state index is 11.2. The van der Waals surface area contributed by atoms with Crippen molar-refractivity contribution in [1.29, 1.82) is 0 Å². The highest BCUT2D eigenvalue weighted by molar-refractivity contribution is 5.94. The van der Waals surface area contributed by atoms with Gasteiger partial charge in [-0.2, -0.15) is 0 Å². The van der Waals surface area contributed by atoms with Crippen LogP contribution >= 0.6 is 0 Å². The SMILES string of the molecule is CN1C(=O)NCc2ccccc21. The minimum absolute atomic E-state index is 0.0336. The highest BCUT2D eigenvalue weighted by Gasteiger charge is 2.18. The van der Waals surface area contributed by atoms with E-state index in [2.05, 4.69) is 5.32 Å². The maximum absolute atomic E-state index is 11.2. The number of carbonyl (C=O) groups is 1. The van der Waals surface area contributed by atoms with E-state index in [4.69, 9.17) is 0 Å². The van der Waals surface area contributed by atoms with E-state index in [9.17, 15) is 4.79 Å². The van der Waals surface area contributed by atoms with Crippen LogP contribution in [0, 0.1) is 0 Å². The van der Waals surface area contributed by atoms with Crippen LogP contribution in [0.15, 0.2) is 24.3 Å². The molecule has 2 rings (SSSR count). The fourth-order valence-electron chi connectivity index (χ4n) is 1.39. The summed E-state index contributed by atoms with van der Waals surface area (Å²) in [4.78, 5) is 12.8. The maximum Gasteiger partial charge on any atom is 0.321 e. The molecule has 0 aromatic heterocycles. The van der Waals surface area contributed by atoms with Gasteiger partial charge in [0, 0.05) is 13.6 Å². The van der Waals surface area contributed by atoms with Crippen LogP contribution in [0.1, 0.15) is 5.56 Å². The van der Waals surface area contributed by atoms with Gasteiger partial charge >= 0.3 is 6.03 Å². The Morgan fingerprint density at radius 1 is 1.42 bits per heavy atom. The molecule has 0 atom stereocenters. The first-order chi connectivity index (χ1) is 5.79. The first-order valence-electron chi connectivity index (χ1n) is 3.88. The molecule has 0 aliphatic carbocycles. The molecule has 3 nitrogen and oxygen atoms in total. The van der Waals surface area contributed by atoms with Crippen molar-refractivity contribution in [1.82, 2.24) is 5.32 Å². The Balaban J connectivity index is 2.48. The summed E-state index contributed by atoms with van der Waals surface area (Å²) in [5, 5.41) is 2.77. The van der Waals surface area contributed by atoms with Crippen molar-refractivity contribution >= 4 is 11.7 Å². The second-order valence-electron chi connectivity index (χ2n) is 2.85. The molecule has 0 radical (unpaired) electrons. The quantitative estimate of drug-likeness (QED) is 0.613. The number of nitrogens with one attached hydrogen (secondary N) is 1. The number of benzene rings is 1. The molecule has 0 spiro atoms. The second-order valence-corrected chi connectivity index (χ2v) is 2.85. The van der Waals surface area contributed by atoms with Gasteiger partial charge in [-0.1, -0.05) is 18.2 Å². The van der Waals surface area contributed by atoms with Crippen molar-refractivity contribution in [3.8, 4) is 0 Å². The van der Waals surface area contributed by atoms with E-state index in [0.29, 0.717) is 6.54 Å². The third-order valence-corrected chi connectivity index (χ3v) is 2.09. The lowest BCUT2D eigenvalue weighted by atomic mass is 10.1. The van der Waals surface area contributed by atoms with E-state index in [1.54, 1.807) is 11.9 Å². The van der Waals surface area contributed by atoms with Gasteiger partial charge in [-0.3, -0.25) is 4.90 Å². The first-order valence-corrected chi connectivity index (χ1v) is 3.88. The molecule has 1 heterocycles. The fraction of sp³-hybridized carbons (Fsp3) is 0.222. The van der Waals surface area contributed by atoms with E-state index in [-0.39, 0.29) is 6.03 Å². The minimum atomic E-state index is -0.0336. The van der Waals surface area contributed by atoms with E-state index in [0.717, 1.165) is 5.69 Å². The largest absolute Gasteiger partial charge is 0.334 e. The molecule has 1 N–H and O–H groups in total. The monoisotopic (exact) mass is 162 g/mol. The van der Waals surface area contributed by atoms with Crippen LogP contribution in [0.4, 0.5) is 10.5 Å². The molecule has 1 aliphatic rings. The Morgan fingerprint density at radius 3 is 3.00 bits per heavy atom. The van der Waals surface area contributed by atoms with Crippen LogP contribution in [-0.2, 0) is 6.54 Å². The molecule has 0 bridgehead atoms. The summed E-state index contributed by atoms with van der Waals surface area (Å²) in [5.74, 6) is 0. The number of carbonyl (C=O) groups excluding carboxylic acids is 1. The molecule has 62 valence electrons. The lowest BCUT2D eigenvalue weighted by Crippen LogP contribution is -2.41. The molecular weight excluding hydrogens is 152 g/mol. The lowest BCUT2D eigenvalue weighted by Gasteiger charge is -2.26. The molecule has 1 aromatic carbocycles. The Labute approximate surface area is 71.0 Å². The van der Waals surface area contributed by atoms with Gasteiger partial charge in [0.05, 0.1) is 5.69 Å². The van der Waals surface area contributed by atoms with Crippen LogP contribution < -0.4 is 10.2 Å². The van der Waals surface area contributed by atoms with Crippen LogP contribution in [-0.4, -0.2) is 13.1 Å². The molecule has 3 heteroatoms. The van der Waals surface area contributed by atoms with Gasteiger partial charge in [-0.25, -0.2) is 4.79 Å². The van der Waals surface area contributed by atoms with Crippen molar-refractivity contribution in [3.05, 3.63) is 29.8 Å². The van der Waals surface area contributed by atoms with Crippen molar-refractivity contribution in [2.75, 3.05) is 11.9 Å². The standard InChI is InChI=1S/C9H10N2O/c1-11-8-5-3-2-4-7(8)6-10-9(11)12/h2-5H,6H2,1H3,(H,10,12). The zero-order valence-corrected chi connectivity index (χ0v) is 6.87. The Morgan fingerprint density at radius 2 is 2.17 bits per heavy atom. The summed E-state index contributed by atoms with van der Waals surface area (Å²) in [6.07, 6.45) is 0. The fourth-order valence-corrected chi connectivity index (χ4v) is 1.39. The molecule has 12 heavy (non-hydrogen) atoms. The summed E-state index contributed by atoms with van der Waals surface area (Å²) < 4.78 is 0. The molecule has 1 aromatic rings. The normalized spacial score (nSPS) is 15.4. The highest BCUT2D eigenvalue weighted by atomic mass is 16.2. The van der Waals surface area contributed by atoms with Gasteiger partial charge in [0.2, 0.25) is 0 Å². The van der Waals surface area contributed by atoms with Gasteiger partial charge in [0.1, 0.15) is 0 Å². The zero-order valence-electron chi connectivity index (χ0n) is 6.87. The Hall–Kier alpha value is -1.51. The Kier molecular flexibility index (Phi) is 1.50. The summed E-state index contributed by atoms with van der Waals surface area (Å²) >= 11 is 0. The average molecular weight is 162 g/mol. The van der Waals surface area contributed by atoms with Crippen LogP contribution in [0.25, 0.3) is 0 Å². The summed E-state index contributed by atoms with van der Waals surface area (Å²) in [7, 11) is 1.77. The van der Waals surface area contributed by atoms with Gasteiger partial charge in [-0.05, 0) is 11.6 Å². The minimum Gasteiger partial charge on any atom is -0.334 e. The number of urea groups is 1. The smallest absolute Gasteiger partial charge is 0.321 e. The van der Waals surface area contributed by atoms with Gasteiger partial charge in [-0.15, -0.1) is 0 Å². The topological polar surface area (TPSA) is 32.3 Å². The van der Waals surface area contributed by atoms with Gasteiger partial charge in [0.15, 0.2) is 0 Å². The number of hydrogen-bond donors (Lipinski definition) is 1. The number of para-hydroxylation sites is 1. The van der Waals surface area contributed by atoms with Crippen molar-refractivity contribution in [3.63, 3.8) is 0 Å². The third kappa shape index (κ3) is 0.942. The predicted molar refractivity (Wildman–Crippen MR) is 47.1 cm³/mol. The average Bonchev–Trinajstić information content (AvgIpc) is 2.12. The van der Waals surface area contributed by atoms with E-state index < -0.39 is 0 Å². The molecule has 0 unspecified atom stereocenters. The molecular formula is C9H10N2O. The Bertz CT molecular complexity index is 322. The van der Waals surface area contributed by atoms with Crippen LogP contribution in [0.3, 0.4) is 0 Å². The summed E-state index contributed by atoms with van der Waals surface area (Å²) in [6.45, 7) is 0.638. The molecule has 2 amide bonds. The number of rotatable bonds is 0. The van der Waals surface area contributed by atoms with Gasteiger partial charge in [0.25, 0.3) is 0 Å². The zero-order chi connectivity index (χ0) is 8.55. The van der Waals surface area contributed by atoms with Crippen molar-refractivity contribution in [2.24, 2.45) is 0 Å². The van der Waals surface area contributed by atoms with Crippen LogP contribution in [0.5, 0.6) is 0 Å². The number of anilines is 1. The number of hydrogen-bond acceptors (Lipinski definition) is 1. The van der Waals surface area contributed by atoms with Crippen molar-refractivity contribution < 1.29 is 4.79 Å². The molecule has 1 aliphatic heterocycles. The molecule has 0 saturated heterocycles. The van der Waals surface area contributed by atoms with Crippen LogP contribution in [0.2, 0.25) is 0 Å². The van der Waals surface area contributed by atoms with Gasteiger partial charge < -0.3 is 5.32 Å². The predicted octanol–water partition coefficient (Wildman–Crippen LogP) is 1.35. The van der Waals surface area contributed by atoms with E-state index in [1.807, 2.05) is 24.3 Å². The highest BCUT2D eigenvalue weighted by Crippen LogP contribution is 2.21. The van der Waals surface area contributed by atoms with E-state index >= 15 is 0 Å². The summed E-state index contributed by atoms with van der Waals surface area (Å²) in [6, 6.07) is 7.85. The number of amides is 2. The number of nitrogens with zero attached hydrogens (tertiary/aromatic N) is 1. The van der Waals surface area contributed by atoms with Crippen molar-refractivity contribution in [2.45, 2.75) is 6.54 Å². The number of fused-ring (bicyclic) bond motifs is 1. The third-order valence-electron chi connectivity index (χ3n) is 2.09. The summed E-state index contributed by atoms with van der Waals surface area (Å²) in [5.41, 5.74) is 2.17. The molecule has 0 fully saturated rings. The van der Waals surface area contributed by atoms with E-state index in [1.165, 1.54) is 5.56 Å².